The van der Waals surface area contributed by atoms with Crippen molar-refractivity contribution in [2.75, 3.05) is 0 Å². The van der Waals surface area contributed by atoms with E-state index in [1.807, 2.05) is 0 Å². The van der Waals surface area contributed by atoms with Crippen molar-refractivity contribution < 1.29 is 41.6 Å². The Morgan fingerprint density at radius 2 is 1.26 bits per heavy atom. The monoisotopic (exact) mass is 280 g/mol. The van der Waals surface area contributed by atoms with Crippen molar-refractivity contribution in [2.45, 2.75) is 0 Å². The second-order valence-corrected chi connectivity index (χ2v) is 2.75. The van der Waals surface area contributed by atoms with Gasteiger partial charge in [0.1, 0.15) is 5.69 Å². The van der Waals surface area contributed by atoms with Gasteiger partial charge in [-0.3, -0.25) is 0 Å². The fraction of sp³-hybridized carbons (Fsp3) is 0. The van der Waals surface area contributed by atoms with E-state index in [-0.39, 0.29) is 22.1 Å². The zero-order valence-corrected chi connectivity index (χ0v) is 9.32. The van der Waals surface area contributed by atoms with E-state index in [0.29, 0.717) is 5.69 Å². The molecule has 1 rings (SSSR count). The van der Waals surface area contributed by atoms with Gasteiger partial charge in [0.2, 0.25) is 0 Å². The first-order valence-electron chi connectivity index (χ1n) is 3.99. The van der Waals surface area contributed by atoms with Crippen LogP contribution in [0.15, 0.2) is 18.2 Å². The summed E-state index contributed by atoms with van der Waals surface area (Å²) in [6.07, 6.45) is 0. The number of hydrogen-bond acceptors (Lipinski definition) is 5. The van der Waals surface area contributed by atoms with Gasteiger partial charge in [0.05, 0.1) is 16.2 Å². The first-order valence-corrected chi connectivity index (χ1v) is 3.99. The van der Waals surface area contributed by atoms with E-state index in [1.54, 1.807) is 0 Å². The number of nitrogens with zero attached hydrogens (tertiary/aromatic N) is 1. The van der Waals surface area contributed by atoms with E-state index in [9.17, 15) is 9.59 Å². The average molecular weight is 280 g/mol. The molecule has 0 saturated carbocycles. The molecule has 0 aliphatic rings. The molecule has 0 amide bonds. The lowest BCUT2D eigenvalue weighted by atomic mass is 10.1. The molecule has 0 aliphatic carbocycles. The molecule has 19 heavy (non-hydrogen) atoms. The van der Waals surface area contributed by atoms with Crippen LogP contribution in [0.1, 0.15) is 20.7 Å². The number of quaternary nitrogens is 1. The number of hydrogen-bond donors (Lipinski definition) is 3. The molecule has 11 nitrogen and oxygen atoms in total. The van der Waals surface area contributed by atoms with Crippen LogP contribution < -0.4 is 5.73 Å². The Labute approximate surface area is 105 Å². The third-order valence-electron chi connectivity index (χ3n) is 1.49. The largest absolute Gasteiger partial charge is 0.478 e. The fourth-order valence-corrected chi connectivity index (χ4v) is 0.939. The predicted octanol–water partition coefficient (Wildman–Crippen LogP) is -1.93. The topological polar surface area (TPSA) is 231 Å². The molecule has 0 spiro atoms. The molecule has 11 heteroatoms. The Morgan fingerprint density at radius 1 is 1.00 bits per heavy atom. The maximum Gasteiger partial charge on any atom is 0.335 e. The van der Waals surface area contributed by atoms with E-state index in [0.717, 1.165) is 6.07 Å². The molecule has 9 N–H and O–H groups in total. The van der Waals surface area contributed by atoms with Crippen molar-refractivity contribution in [1.29, 1.82) is 0 Å². The normalized spacial score (nSPS) is 7.84. The van der Waals surface area contributed by atoms with Crippen molar-refractivity contribution in [3.05, 3.63) is 44.6 Å². The van der Waals surface area contributed by atoms with Crippen LogP contribution in [0.4, 0.5) is 5.69 Å². The van der Waals surface area contributed by atoms with Crippen molar-refractivity contribution in [3.63, 3.8) is 0 Å². The van der Waals surface area contributed by atoms with Crippen LogP contribution in [0.3, 0.4) is 0 Å². The Bertz CT molecular complexity index is 423. The van der Waals surface area contributed by atoms with Gasteiger partial charge in [-0.15, -0.1) is 0 Å². The molecule has 0 bridgehead atoms. The third-order valence-corrected chi connectivity index (χ3v) is 1.49. The summed E-state index contributed by atoms with van der Waals surface area (Å²) in [6.45, 7) is 0. The molecule has 0 radical (unpaired) electrons. The first kappa shape index (κ1) is 21.5. The molecule has 0 aromatic heterocycles. The van der Waals surface area contributed by atoms with E-state index in [2.05, 4.69) is 5.73 Å². The molecule has 108 valence electrons. The van der Waals surface area contributed by atoms with Crippen LogP contribution in [0.2, 0.25) is 0 Å². The van der Waals surface area contributed by atoms with Crippen molar-refractivity contribution in [2.24, 2.45) is 0 Å². The van der Waals surface area contributed by atoms with Crippen molar-refractivity contribution in [3.8, 4) is 0 Å². The second-order valence-electron chi connectivity index (χ2n) is 2.75. The quantitative estimate of drug-likeness (QED) is 0.409. The SMILES string of the molecule is O.O.O=[N+]([O-])[O-].[NH3+]c1cc(C(=O)O)cc(C(=O)O)c1. The van der Waals surface area contributed by atoms with Crippen LogP contribution in [-0.2, 0) is 0 Å². The number of carboxylic acids is 2. The fourth-order valence-electron chi connectivity index (χ4n) is 0.939. The minimum atomic E-state index is -1.75. The van der Waals surface area contributed by atoms with Gasteiger partial charge in [-0.05, 0) is 6.07 Å². The summed E-state index contributed by atoms with van der Waals surface area (Å²) in [4.78, 5) is 29.3. The minimum Gasteiger partial charge on any atom is -0.478 e. The van der Waals surface area contributed by atoms with Crippen LogP contribution in [-0.4, -0.2) is 38.2 Å². The molecule has 0 heterocycles. The molecule has 0 aliphatic heterocycles. The van der Waals surface area contributed by atoms with E-state index in [4.69, 9.17) is 25.5 Å². The first-order chi connectivity index (χ1) is 7.73. The molecular formula is C8H12N2O9. The molecule has 1 aromatic rings. The Kier molecular flexibility index (Phi) is 10.5. The van der Waals surface area contributed by atoms with Crippen LogP contribution in [0.5, 0.6) is 0 Å². The summed E-state index contributed by atoms with van der Waals surface area (Å²) in [5.41, 5.74) is 3.72. The molecule has 0 saturated heterocycles. The van der Waals surface area contributed by atoms with Crippen molar-refractivity contribution in [1.82, 2.24) is 0 Å². The summed E-state index contributed by atoms with van der Waals surface area (Å²) >= 11 is 0. The van der Waals surface area contributed by atoms with Gasteiger partial charge >= 0.3 is 11.9 Å². The van der Waals surface area contributed by atoms with Crippen LogP contribution in [0, 0.1) is 15.3 Å². The summed E-state index contributed by atoms with van der Waals surface area (Å²) < 4.78 is 0. The zero-order chi connectivity index (χ0) is 13.6. The lowest BCUT2D eigenvalue weighted by Crippen LogP contribution is -2.40. The highest BCUT2D eigenvalue weighted by Crippen LogP contribution is 2.10. The van der Waals surface area contributed by atoms with E-state index in [1.165, 1.54) is 12.1 Å². The van der Waals surface area contributed by atoms with Gasteiger partial charge < -0.3 is 42.2 Å². The van der Waals surface area contributed by atoms with E-state index >= 15 is 0 Å². The molecular weight excluding hydrogens is 268 g/mol. The Morgan fingerprint density at radius 3 is 1.47 bits per heavy atom. The predicted molar refractivity (Wildman–Crippen MR) is 60.5 cm³/mol. The third kappa shape index (κ3) is 8.99. The Hall–Kier alpha value is -2.76. The zero-order valence-electron chi connectivity index (χ0n) is 9.32. The minimum absolute atomic E-state index is 0. The number of carboxylic acid groups (broad SMARTS) is 2. The standard InChI is InChI=1S/C8H7NO4.NO3.2H2O/c9-6-2-4(7(10)11)1-5(3-6)8(12)13;2-1(3)4;;/h1-3H,9H2,(H,10,11)(H,12,13);;2*1H2/q;-1;;/p+1. The van der Waals surface area contributed by atoms with Gasteiger partial charge in [-0.2, -0.15) is 0 Å². The summed E-state index contributed by atoms with van der Waals surface area (Å²) in [5, 5.41) is 31.9. The lowest BCUT2D eigenvalue weighted by molar-refractivity contribution is -0.402. The lowest BCUT2D eigenvalue weighted by Gasteiger charge is -1.97. The highest BCUT2D eigenvalue weighted by molar-refractivity contribution is 5.94. The van der Waals surface area contributed by atoms with Gasteiger partial charge in [-0.1, -0.05) is 0 Å². The van der Waals surface area contributed by atoms with Crippen molar-refractivity contribution >= 4 is 17.6 Å². The smallest absolute Gasteiger partial charge is 0.335 e. The number of rotatable bonds is 2. The van der Waals surface area contributed by atoms with Crippen LogP contribution >= 0.6 is 0 Å². The highest BCUT2D eigenvalue weighted by Gasteiger charge is 2.11. The highest BCUT2D eigenvalue weighted by atomic mass is 16.9. The maximum atomic E-state index is 10.5. The number of carbonyl (C=O) groups is 2. The number of aromatic carboxylic acids is 2. The van der Waals surface area contributed by atoms with Gasteiger partial charge in [-0.25, -0.2) is 9.59 Å². The molecule has 1 aromatic carbocycles. The molecule has 0 fully saturated rings. The van der Waals surface area contributed by atoms with Gasteiger partial charge in [0.15, 0.2) is 0 Å². The Balaban J connectivity index is -0.000000379. The molecule has 0 atom stereocenters. The van der Waals surface area contributed by atoms with Gasteiger partial charge in [0.25, 0.3) is 0 Å². The van der Waals surface area contributed by atoms with Crippen LogP contribution in [0.25, 0.3) is 0 Å². The second kappa shape index (κ2) is 9.29. The molecule has 0 unspecified atom stereocenters. The maximum absolute atomic E-state index is 10.5. The van der Waals surface area contributed by atoms with Gasteiger partial charge in [0, 0.05) is 12.1 Å². The van der Waals surface area contributed by atoms with E-state index < -0.39 is 17.0 Å². The average Bonchev–Trinajstić information content (AvgIpc) is 2.15. The summed E-state index contributed by atoms with van der Waals surface area (Å²) in [6, 6.07) is 3.73. The summed E-state index contributed by atoms with van der Waals surface area (Å²) in [7, 11) is 0. The summed E-state index contributed by atoms with van der Waals surface area (Å²) in [5.74, 6) is -2.32. The number of benzene rings is 1.